The maximum absolute atomic E-state index is 11.4. The van der Waals surface area contributed by atoms with Crippen LogP contribution in [0.3, 0.4) is 0 Å². The van der Waals surface area contributed by atoms with Crippen LogP contribution in [-0.4, -0.2) is 36.7 Å². The third kappa shape index (κ3) is 2.44. The van der Waals surface area contributed by atoms with Crippen LogP contribution in [0.4, 0.5) is 0 Å². The van der Waals surface area contributed by atoms with E-state index < -0.39 is 0 Å². The third-order valence-electron chi connectivity index (χ3n) is 1.39. The van der Waals surface area contributed by atoms with E-state index >= 15 is 0 Å². The van der Waals surface area contributed by atoms with Gasteiger partial charge in [-0.1, -0.05) is 16.6 Å². The van der Waals surface area contributed by atoms with Crippen molar-refractivity contribution in [3.8, 4) is 0 Å². The Morgan fingerprint density at radius 3 is 2.93 bits per heavy atom. The lowest BCUT2D eigenvalue weighted by Crippen LogP contribution is -2.23. The number of aromatic amines is 1. The molecule has 0 saturated heterocycles. The van der Waals surface area contributed by atoms with Crippen LogP contribution in [0.5, 0.6) is 0 Å². The Morgan fingerprint density at radius 2 is 2.33 bits per heavy atom. The molecule has 10 heteroatoms. The molecule has 0 aromatic carbocycles. The first-order valence-corrected chi connectivity index (χ1v) is 4.94. The number of hydrogen-bond donors (Lipinski definition) is 2. The minimum atomic E-state index is -0.371. The molecule has 78 valence electrons. The zero-order valence-electron chi connectivity index (χ0n) is 7.14. The fraction of sp³-hybridized carbons (Fsp3) is 0.200. The summed E-state index contributed by atoms with van der Waals surface area (Å²) in [5.41, 5.74) is 0. The average Bonchev–Trinajstić information content (AvgIpc) is 2.84. The average molecular weight is 246 g/mol. The molecule has 2 heterocycles. The highest BCUT2D eigenvalue weighted by Gasteiger charge is 2.12. The number of carbonyl (C=O) groups excluding carboxylic acids is 1. The van der Waals surface area contributed by atoms with Crippen molar-refractivity contribution in [2.75, 3.05) is 0 Å². The summed E-state index contributed by atoms with van der Waals surface area (Å²) < 4.78 is 0.222. The van der Waals surface area contributed by atoms with Crippen molar-refractivity contribution in [2.45, 2.75) is 6.54 Å². The Balaban J connectivity index is 1.93. The Labute approximate surface area is 92.1 Å². The minimum Gasteiger partial charge on any atom is -0.342 e. The van der Waals surface area contributed by atoms with Crippen molar-refractivity contribution < 1.29 is 4.79 Å². The number of nitrogens with one attached hydrogen (secondary N) is 2. The van der Waals surface area contributed by atoms with Gasteiger partial charge < -0.3 is 5.32 Å². The van der Waals surface area contributed by atoms with Crippen LogP contribution >= 0.6 is 22.9 Å². The Morgan fingerprint density at radius 1 is 1.47 bits per heavy atom. The largest absolute Gasteiger partial charge is 0.342 e. The molecule has 8 nitrogen and oxygen atoms in total. The molecule has 0 bridgehead atoms. The molecule has 2 aromatic heterocycles. The van der Waals surface area contributed by atoms with E-state index in [9.17, 15) is 4.79 Å². The Kier molecular flexibility index (Phi) is 2.83. The first-order valence-electron chi connectivity index (χ1n) is 3.75. The van der Waals surface area contributed by atoms with E-state index in [-0.39, 0.29) is 21.9 Å². The summed E-state index contributed by atoms with van der Waals surface area (Å²) >= 11 is 6.53. The molecule has 0 saturated carbocycles. The summed E-state index contributed by atoms with van der Waals surface area (Å²) in [7, 11) is 0. The molecule has 1 amide bonds. The molecular formula is C5H4ClN7OS. The van der Waals surface area contributed by atoms with Gasteiger partial charge in [-0.25, -0.2) is 0 Å². The first kappa shape index (κ1) is 9.93. The van der Waals surface area contributed by atoms with Gasteiger partial charge in [-0.05, 0) is 11.6 Å². The lowest BCUT2D eigenvalue weighted by Gasteiger charge is -1.96. The predicted molar refractivity (Wildman–Crippen MR) is 50.3 cm³/mol. The van der Waals surface area contributed by atoms with Crippen LogP contribution < -0.4 is 5.32 Å². The monoisotopic (exact) mass is 245 g/mol. The van der Waals surface area contributed by atoms with Gasteiger partial charge in [-0.2, -0.15) is 5.21 Å². The van der Waals surface area contributed by atoms with E-state index in [1.807, 2.05) is 0 Å². The smallest absolute Gasteiger partial charge is 0.282 e. The van der Waals surface area contributed by atoms with Gasteiger partial charge in [0.1, 0.15) is 0 Å². The molecular weight excluding hydrogens is 242 g/mol. The zero-order valence-corrected chi connectivity index (χ0v) is 8.71. The first-order chi connectivity index (χ1) is 7.25. The maximum atomic E-state index is 11.4. The van der Waals surface area contributed by atoms with Crippen LogP contribution in [0, 0.1) is 0 Å². The van der Waals surface area contributed by atoms with Gasteiger partial charge in [-0.3, -0.25) is 4.79 Å². The van der Waals surface area contributed by atoms with Crippen molar-refractivity contribution in [1.29, 1.82) is 0 Å². The van der Waals surface area contributed by atoms with Gasteiger partial charge in [-0.15, -0.1) is 20.4 Å². The number of H-pyrrole nitrogens is 1. The van der Waals surface area contributed by atoms with Crippen molar-refractivity contribution in [3.63, 3.8) is 0 Å². The standard InChI is InChI=1S/C5H4ClN7OS/c6-5-11-10-4(15-5)3(14)7-1-2-8-12-13-9-2/h1H2,(H,7,14)(H,8,9,12,13). The van der Waals surface area contributed by atoms with Gasteiger partial charge >= 0.3 is 0 Å². The van der Waals surface area contributed by atoms with E-state index in [1.165, 1.54) is 0 Å². The molecule has 0 atom stereocenters. The molecule has 2 rings (SSSR count). The molecule has 0 aliphatic rings. The minimum absolute atomic E-state index is 0.173. The number of carbonyl (C=O) groups is 1. The third-order valence-corrected chi connectivity index (χ3v) is 2.41. The van der Waals surface area contributed by atoms with Crippen LogP contribution in [0.1, 0.15) is 15.6 Å². The second kappa shape index (κ2) is 4.28. The summed E-state index contributed by atoms with van der Waals surface area (Å²) in [4.78, 5) is 11.4. The zero-order chi connectivity index (χ0) is 10.7. The predicted octanol–water partition coefficient (Wildman–Crippen LogP) is -0.365. The van der Waals surface area contributed by atoms with Crippen molar-refractivity contribution in [2.24, 2.45) is 0 Å². The normalized spacial score (nSPS) is 10.2. The number of hydrogen-bond acceptors (Lipinski definition) is 7. The van der Waals surface area contributed by atoms with E-state index in [1.54, 1.807) is 0 Å². The Hall–Kier alpha value is -1.61. The van der Waals surface area contributed by atoms with Gasteiger partial charge in [0.15, 0.2) is 5.82 Å². The molecule has 0 unspecified atom stereocenters. The molecule has 2 aromatic rings. The van der Waals surface area contributed by atoms with Crippen LogP contribution in [0.15, 0.2) is 0 Å². The van der Waals surface area contributed by atoms with Gasteiger partial charge in [0.05, 0.1) is 6.54 Å². The lowest BCUT2D eigenvalue weighted by molar-refractivity contribution is 0.0949. The van der Waals surface area contributed by atoms with Crippen molar-refractivity contribution in [3.05, 3.63) is 15.3 Å². The van der Waals surface area contributed by atoms with Crippen LogP contribution in [-0.2, 0) is 6.54 Å². The van der Waals surface area contributed by atoms with Crippen molar-refractivity contribution >= 4 is 28.8 Å². The SMILES string of the molecule is O=C(NCc1nn[nH]n1)c1nnc(Cl)s1. The fourth-order valence-corrected chi connectivity index (χ4v) is 1.53. The van der Waals surface area contributed by atoms with E-state index in [2.05, 4.69) is 36.1 Å². The van der Waals surface area contributed by atoms with Gasteiger partial charge in [0.25, 0.3) is 5.91 Å². The van der Waals surface area contributed by atoms with Crippen LogP contribution in [0.2, 0.25) is 4.47 Å². The van der Waals surface area contributed by atoms with Gasteiger partial charge in [0.2, 0.25) is 9.47 Å². The summed E-state index contributed by atoms with van der Waals surface area (Å²) in [6.07, 6.45) is 0. The fourth-order valence-electron chi connectivity index (χ4n) is 0.789. The number of amides is 1. The topological polar surface area (TPSA) is 109 Å². The highest BCUT2D eigenvalue weighted by atomic mass is 35.5. The molecule has 0 aliphatic carbocycles. The number of halogens is 1. The number of aromatic nitrogens is 6. The summed E-state index contributed by atoms with van der Waals surface area (Å²) in [5, 5.41) is 22.8. The molecule has 2 N–H and O–H groups in total. The molecule has 0 spiro atoms. The highest BCUT2D eigenvalue weighted by molar-refractivity contribution is 7.17. The summed E-state index contributed by atoms with van der Waals surface area (Å²) in [6, 6.07) is 0. The van der Waals surface area contributed by atoms with E-state index in [0.717, 1.165) is 11.3 Å². The quantitative estimate of drug-likeness (QED) is 0.764. The molecule has 15 heavy (non-hydrogen) atoms. The Bertz CT molecular complexity index is 454. The second-order valence-electron chi connectivity index (χ2n) is 2.37. The van der Waals surface area contributed by atoms with E-state index in [4.69, 9.17) is 11.6 Å². The second-order valence-corrected chi connectivity index (χ2v) is 3.93. The summed E-state index contributed by atoms with van der Waals surface area (Å²) in [6.45, 7) is 0.173. The van der Waals surface area contributed by atoms with Crippen LogP contribution in [0.25, 0.3) is 0 Å². The molecule has 0 aliphatic heterocycles. The lowest BCUT2D eigenvalue weighted by atomic mass is 10.5. The molecule has 0 fully saturated rings. The highest BCUT2D eigenvalue weighted by Crippen LogP contribution is 2.14. The van der Waals surface area contributed by atoms with E-state index in [0.29, 0.717) is 5.82 Å². The maximum Gasteiger partial charge on any atom is 0.282 e. The molecule has 0 radical (unpaired) electrons. The van der Waals surface area contributed by atoms with Crippen molar-refractivity contribution in [1.82, 2.24) is 36.1 Å². The number of nitrogens with zero attached hydrogens (tertiary/aromatic N) is 5. The number of tetrazole rings is 1. The van der Waals surface area contributed by atoms with Gasteiger partial charge in [0, 0.05) is 0 Å². The summed E-state index contributed by atoms with van der Waals surface area (Å²) in [5.74, 6) is 0.0168. The number of rotatable bonds is 3.